The van der Waals surface area contributed by atoms with E-state index in [4.69, 9.17) is 9.84 Å². The first kappa shape index (κ1) is 13.4. The molecule has 20 heavy (non-hydrogen) atoms. The number of aromatic carboxylic acids is 1. The van der Waals surface area contributed by atoms with E-state index in [-0.39, 0.29) is 5.41 Å². The smallest absolute Gasteiger partial charge is 0.335 e. The number of nitrogens with one attached hydrogen (secondary N) is 1. The first-order chi connectivity index (χ1) is 9.65. The van der Waals surface area contributed by atoms with Crippen LogP contribution in [0.5, 0.6) is 0 Å². The minimum absolute atomic E-state index is 0.287. The molecule has 4 heteroatoms. The molecule has 0 saturated heterocycles. The third-order valence-corrected chi connectivity index (χ3v) is 4.89. The molecule has 2 fully saturated rings. The van der Waals surface area contributed by atoms with Crippen LogP contribution in [0.25, 0.3) is 0 Å². The summed E-state index contributed by atoms with van der Waals surface area (Å²) in [5.74, 6) is -0.882. The van der Waals surface area contributed by atoms with Crippen LogP contribution in [-0.4, -0.2) is 29.8 Å². The molecular formula is C16H21NO3. The van der Waals surface area contributed by atoms with Crippen molar-refractivity contribution in [2.75, 3.05) is 11.9 Å². The minimum atomic E-state index is -0.882. The second-order valence-electron chi connectivity index (χ2n) is 5.85. The van der Waals surface area contributed by atoms with Crippen molar-refractivity contribution < 1.29 is 14.6 Å². The van der Waals surface area contributed by atoms with Gasteiger partial charge in [0.15, 0.2) is 0 Å². The fourth-order valence-corrected chi connectivity index (χ4v) is 3.58. The van der Waals surface area contributed by atoms with Gasteiger partial charge in [-0.2, -0.15) is 0 Å². The lowest BCUT2D eigenvalue weighted by Gasteiger charge is -2.61. The van der Waals surface area contributed by atoms with Gasteiger partial charge in [-0.1, -0.05) is 12.5 Å². The van der Waals surface area contributed by atoms with Crippen molar-refractivity contribution in [1.29, 1.82) is 0 Å². The van der Waals surface area contributed by atoms with E-state index in [1.165, 1.54) is 19.3 Å². The lowest BCUT2D eigenvalue weighted by Crippen LogP contribution is -2.64. The Kier molecular flexibility index (Phi) is 3.42. The minimum Gasteiger partial charge on any atom is -0.478 e. The van der Waals surface area contributed by atoms with E-state index in [9.17, 15) is 4.79 Å². The highest BCUT2D eigenvalue weighted by molar-refractivity contribution is 5.88. The summed E-state index contributed by atoms with van der Waals surface area (Å²) in [5, 5.41) is 12.6. The lowest BCUT2D eigenvalue weighted by atomic mass is 9.51. The average Bonchev–Trinajstić information content (AvgIpc) is 2.35. The standard InChI is InChI=1S/C16H21NO3/c1-2-20-14-10-13(16(14)7-4-8-16)17-12-6-3-5-11(9-12)15(18)19/h3,5-6,9,13-14,17H,2,4,7-8,10H2,1H3,(H,18,19). The highest BCUT2D eigenvalue weighted by atomic mass is 16.5. The summed E-state index contributed by atoms with van der Waals surface area (Å²) < 4.78 is 5.83. The number of hydrogen-bond acceptors (Lipinski definition) is 3. The predicted octanol–water partition coefficient (Wildman–Crippen LogP) is 3.14. The Hall–Kier alpha value is -1.55. The number of carboxylic acid groups (broad SMARTS) is 1. The summed E-state index contributed by atoms with van der Waals surface area (Å²) >= 11 is 0. The molecular weight excluding hydrogens is 254 g/mol. The first-order valence-electron chi connectivity index (χ1n) is 7.37. The predicted molar refractivity (Wildman–Crippen MR) is 77.1 cm³/mol. The van der Waals surface area contributed by atoms with Crippen LogP contribution in [0.4, 0.5) is 5.69 Å². The van der Waals surface area contributed by atoms with E-state index in [1.54, 1.807) is 18.2 Å². The highest BCUT2D eigenvalue weighted by Crippen LogP contribution is 2.58. The Balaban J connectivity index is 1.70. The SMILES string of the molecule is CCOC1CC(Nc2cccc(C(=O)O)c2)C12CCC2. The molecule has 2 atom stereocenters. The summed E-state index contributed by atoms with van der Waals surface area (Å²) in [7, 11) is 0. The van der Waals surface area contributed by atoms with Crippen molar-refractivity contribution in [3.63, 3.8) is 0 Å². The Bertz CT molecular complexity index is 510. The second kappa shape index (κ2) is 5.09. The van der Waals surface area contributed by atoms with Crippen molar-refractivity contribution in [3.05, 3.63) is 29.8 Å². The maximum absolute atomic E-state index is 11.0. The quantitative estimate of drug-likeness (QED) is 0.866. The van der Waals surface area contributed by atoms with Gasteiger partial charge in [-0.3, -0.25) is 0 Å². The molecule has 2 aliphatic carbocycles. The molecule has 0 amide bonds. The molecule has 2 unspecified atom stereocenters. The molecule has 0 radical (unpaired) electrons. The molecule has 2 aliphatic rings. The van der Waals surface area contributed by atoms with E-state index in [1.807, 2.05) is 13.0 Å². The Morgan fingerprint density at radius 2 is 2.30 bits per heavy atom. The number of carboxylic acids is 1. The van der Waals surface area contributed by atoms with Gasteiger partial charge in [0, 0.05) is 23.8 Å². The summed E-state index contributed by atoms with van der Waals surface area (Å²) in [4.78, 5) is 11.0. The summed E-state index contributed by atoms with van der Waals surface area (Å²) in [5.41, 5.74) is 1.52. The van der Waals surface area contributed by atoms with Crippen LogP contribution < -0.4 is 5.32 Å². The van der Waals surface area contributed by atoms with E-state index in [2.05, 4.69) is 5.32 Å². The fraction of sp³-hybridized carbons (Fsp3) is 0.562. The molecule has 0 bridgehead atoms. The molecule has 108 valence electrons. The molecule has 1 spiro atoms. The topological polar surface area (TPSA) is 58.6 Å². The van der Waals surface area contributed by atoms with Gasteiger partial charge in [-0.25, -0.2) is 4.79 Å². The summed E-state index contributed by atoms with van der Waals surface area (Å²) in [6.07, 6.45) is 5.10. The van der Waals surface area contributed by atoms with Crippen LogP contribution in [0.1, 0.15) is 43.0 Å². The normalized spacial score (nSPS) is 26.6. The van der Waals surface area contributed by atoms with Crippen LogP contribution in [0, 0.1) is 5.41 Å². The van der Waals surface area contributed by atoms with Crippen molar-refractivity contribution in [3.8, 4) is 0 Å². The van der Waals surface area contributed by atoms with Gasteiger partial charge in [-0.15, -0.1) is 0 Å². The largest absolute Gasteiger partial charge is 0.478 e. The number of ether oxygens (including phenoxy) is 1. The van der Waals surface area contributed by atoms with E-state index in [0.29, 0.717) is 17.7 Å². The number of hydrogen-bond donors (Lipinski definition) is 2. The van der Waals surface area contributed by atoms with Crippen molar-refractivity contribution in [1.82, 2.24) is 0 Å². The van der Waals surface area contributed by atoms with E-state index >= 15 is 0 Å². The zero-order valence-electron chi connectivity index (χ0n) is 11.8. The molecule has 1 aromatic rings. The van der Waals surface area contributed by atoms with Crippen LogP contribution in [0.2, 0.25) is 0 Å². The summed E-state index contributed by atoms with van der Waals surface area (Å²) in [6, 6.07) is 7.47. The first-order valence-corrected chi connectivity index (χ1v) is 7.37. The van der Waals surface area contributed by atoms with E-state index in [0.717, 1.165) is 18.7 Å². The van der Waals surface area contributed by atoms with Crippen molar-refractivity contribution in [2.45, 2.75) is 44.8 Å². The molecule has 0 aliphatic heterocycles. The number of carbonyl (C=O) groups is 1. The maximum atomic E-state index is 11.0. The monoisotopic (exact) mass is 275 g/mol. The molecule has 2 saturated carbocycles. The Labute approximate surface area is 119 Å². The van der Waals surface area contributed by atoms with Crippen LogP contribution in [0.15, 0.2) is 24.3 Å². The van der Waals surface area contributed by atoms with Gasteiger partial charge in [0.25, 0.3) is 0 Å². The van der Waals surface area contributed by atoms with Gasteiger partial charge < -0.3 is 15.2 Å². The lowest BCUT2D eigenvalue weighted by molar-refractivity contribution is -0.157. The van der Waals surface area contributed by atoms with Crippen LogP contribution in [0.3, 0.4) is 0 Å². The molecule has 0 heterocycles. The van der Waals surface area contributed by atoms with Gasteiger partial charge in [0.05, 0.1) is 11.7 Å². The van der Waals surface area contributed by atoms with E-state index < -0.39 is 5.97 Å². The maximum Gasteiger partial charge on any atom is 0.335 e. The fourth-order valence-electron chi connectivity index (χ4n) is 3.58. The number of anilines is 1. The van der Waals surface area contributed by atoms with Gasteiger partial charge >= 0.3 is 5.97 Å². The van der Waals surface area contributed by atoms with Crippen molar-refractivity contribution in [2.24, 2.45) is 5.41 Å². The van der Waals surface area contributed by atoms with Gasteiger partial charge in [-0.05, 0) is 44.4 Å². The molecule has 3 rings (SSSR count). The Morgan fingerprint density at radius 1 is 1.50 bits per heavy atom. The highest BCUT2D eigenvalue weighted by Gasteiger charge is 2.58. The van der Waals surface area contributed by atoms with Crippen LogP contribution in [-0.2, 0) is 4.74 Å². The third kappa shape index (κ3) is 2.08. The zero-order chi connectivity index (χ0) is 14.2. The molecule has 4 nitrogen and oxygen atoms in total. The summed E-state index contributed by atoms with van der Waals surface area (Å²) in [6.45, 7) is 2.82. The average molecular weight is 275 g/mol. The van der Waals surface area contributed by atoms with Crippen molar-refractivity contribution >= 4 is 11.7 Å². The molecule has 1 aromatic carbocycles. The zero-order valence-corrected chi connectivity index (χ0v) is 11.8. The second-order valence-corrected chi connectivity index (χ2v) is 5.85. The number of benzene rings is 1. The molecule has 2 N–H and O–H groups in total. The van der Waals surface area contributed by atoms with Gasteiger partial charge in [0.2, 0.25) is 0 Å². The van der Waals surface area contributed by atoms with Gasteiger partial charge in [0.1, 0.15) is 0 Å². The third-order valence-electron chi connectivity index (χ3n) is 4.89. The van der Waals surface area contributed by atoms with Crippen LogP contribution >= 0.6 is 0 Å². The molecule has 0 aromatic heterocycles. The number of rotatable bonds is 5. The Morgan fingerprint density at radius 3 is 2.90 bits per heavy atom.